The number of urea groups is 1. The van der Waals surface area contributed by atoms with E-state index in [2.05, 4.69) is 64.3 Å². The third-order valence-electron chi connectivity index (χ3n) is 6.32. The number of carbonyl (C=O) groups is 3. The van der Waals surface area contributed by atoms with E-state index in [1.807, 2.05) is 24.3 Å². The van der Waals surface area contributed by atoms with Crippen LogP contribution in [0.1, 0.15) is 38.7 Å². The highest BCUT2D eigenvalue weighted by Crippen LogP contribution is 2.32. The Bertz CT molecular complexity index is 991. The summed E-state index contributed by atoms with van der Waals surface area (Å²) in [6.07, 6.45) is 2.36. The molecular weight excluding hydrogens is 418 g/mol. The third-order valence-corrected chi connectivity index (χ3v) is 6.32. The lowest BCUT2D eigenvalue weighted by Crippen LogP contribution is -2.57. The van der Waals surface area contributed by atoms with Gasteiger partial charge in [-0.1, -0.05) is 26.0 Å². The molecule has 2 aliphatic rings. The minimum atomic E-state index is -0.841. The summed E-state index contributed by atoms with van der Waals surface area (Å²) in [5.74, 6) is -0.833. The fourth-order valence-electron chi connectivity index (χ4n) is 4.08. The molecule has 2 aliphatic heterocycles. The van der Waals surface area contributed by atoms with E-state index < -0.39 is 18.0 Å². The van der Waals surface area contributed by atoms with Gasteiger partial charge in [-0.05, 0) is 60.2 Å². The van der Waals surface area contributed by atoms with Crippen LogP contribution < -0.4 is 26.2 Å². The molecule has 4 rings (SSSR count). The molecule has 174 valence electrons. The van der Waals surface area contributed by atoms with Gasteiger partial charge >= 0.3 is 6.03 Å². The molecule has 2 fully saturated rings. The smallest absolute Gasteiger partial charge is 0.322 e. The van der Waals surface area contributed by atoms with Crippen LogP contribution in [-0.2, 0) is 16.1 Å². The van der Waals surface area contributed by atoms with Gasteiger partial charge in [0, 0.05) is 36.7 Å². The van der Waals surface area contributed by atoms with Crippen LogP contribution in [0.3, 0.4) is 0 Å². The van der Waals surface area contributed by atoms with Gasteiger partial charge in [-0.3, -0.25) is 14.9 Å². The summed E-state index contributed by atoms with van der Waals surface area (Å²) in [5, 5.41) is 10.7. The zero-order valence-electron chi connectivity index (χ0n) is 19.1. The quantitative estimate of drug-likeness (QED) is 0.542. The topological polar surface area (TPSA) is 103 Å². The number of benzene rings is 2. The number of amides is 4. The minimum absolute atomic E-state index is 0.0605. The summed E-state index contributed by atoms with van der Waals surface area (Å²) in [4.78, 5) is 37.4. The SMILES string of the molecule is CC1(C)CCN(c2ccc(Nc3ccc(CNC(=O)C4CC(=O)NC(=O)N4)cc3)cc2)CC1. The summed E-state index contributed by atoms with van der Waals surface area (Å²) in [5.41, 5.74) is 4.59. The summed E-state index contributed by atoms with van der Waals surface area (Å²) in [6, 6.07) is 14.8. The molecule has 8 heteroatoms. The Morgan fingerprint density at radius 2 is 1.61 bits per heavy atom. The van der Waals surface area contributed by atoms with Crippen molar-refractivity contribution in [2.24, 2.45) is 5.41 Å². The maximum Gasteiger partial charge on any atom is 0.322 e. The van der Waals surface area contributed by atoms with Crippen LogP contribution in [0, 0.1) is 5.41 Å². The molecule has 0 radical (unpaired) electrons. The highest BCUT2D eigenvalue weighted by atomic mass is 16.2. The number of nitrogens with zero attached hydrogens (tertiary/aromatic N) is 1. The largest absolute Gasteiger partial charge is 0.371 e. The van der Waals surface area contributed by atoms with Gasteiger partial charge in [0.15, 0.2) is 0 Å². The second kappa shape index (κ2) is 9.52. The van der Waals surface area contributed by atoms with E-state index in [1.165, 1.54) is 18.5 Å². The van der Waals surface area contributed by atoms with Crippen molar-refractivity contribution in [1.82, 2.24) is 16.0 Å². The van der Waals surface area contributed by atoms with Crippen molar-refractivity contribution < 1.29 is 14.4 Å². The zero-order chi connectivity index (χ0) is 23.4. The molecule has 8 nitrogen and oxygen atoms in total. The molecule has 33 heavy (non-hydrogen) atoms. The van der Waals surface area contributed by atoms with Crippen molar-refractivity contribution in [3.63, 3.8) is 0 Å². The van der Waals surface area contributed by atoms with Crippen LogP contribution in [0.25, 0.3) is 0 Å². The van der Waals surface area contributed by atoms with Crippen LogP contribution >= 0.6 is 0 Å². The molecule has 0 saturated carbocycles. The maximum absolute atomic E-state index is 12.2. The van der Waals surface area contributed by atoms with Gasteiger partial charge in [0.25, 0.3) is 0 Å². The fraction of sp³-hybridized carbons (Fsp3) is 0.400. The first-order valence-corrected chi connectivity index (χ1v) is 11.4. The maximum atomic E-state index is 12.2. The molecule has 2 aromatic carbocycles. The fourth-order valence-corrected chi connectivity index (χ4v) is 4.08. The van der Waals surface area contributed by atoms with Crippen LogP contribution in [-0.4, -0.2) is 37.0 Å². The Balaban J connectivity index is 1.27. The van der Waals surface area contributed by atoms with E-state index in [0.29, 0.717) is 12.0 Å². The predicted octanol–water partition coefficient (Wildman–Crippen LogP) is 3.27. The van der Waals surface area contributed by atoms with Crippen molar-refractivity contribution in [2.45, 2.75) is 45.7 Å². The molecule has 0 spiro atoms. The highest BCUT2D eigenvalue weighted by Gasteiger charge is 2.29. The second-order valence-corrected chi connectivity index (χ2v) is 9.52. The Hall–Kier alpha value is -3.55. The molecule has 4 amide bonds. The Morgan fingerprint density at radius 3 is 2.21 bits per heavy atom. The van der Waals surface area contributed by atoms with Gasteiger partial charge in [-0.15, -0.1) is 0 Å². The normalized spacial score (nSPS) is 19.9. The van der Waals surface area contributed by atoms with Crippen molar-refractivity contribution in [2.75, 3.05) is 23.3 Å². The number of anilines is 3. The number of nitrogens with one attached hydrogen (secondary N) is 4. The molecule has 0 aromatic heterocycles. The highest BCUT2D eigenvalue weighted by molar-refractivity contribution is 6.02. The Kier molecular flexibility index (Phi) is 6.53. The number of carbonyl (C=O) groups excluding carboxylic acids is 3. The third kappa shape index (κ3) is 6.03. The molecular formula is C25H31N5O3. The van der Waals surface area contributed by atoms with Gasteiger partial charge in [-0.2, -0.15) is 0 Å². The van der Waals surface area contributed by atoms with Gasteiger partial charge in [-0.25, -0.2) is 4.79 Å². The molecule has 4 N–H and O–H groups in total. The lowest BCUT2D eigenvalue weighted by Gasteiger charge is -2.38. The monoisotopic (exact) mass is 449 g/mol. The Morgan fingerprint density at radius 1 is 1.00 bits per heavy atom. The molecule has 1 unspecified atom stereocenters. The van der Waals surface area contributed by atoms with Crippen LogP contribution in [0.15, 0.2) is 48.5 Å². The van der Waals surface area contributed by atoms with E-state index in [1.54, 1.807) is 0 Å². The average Bonchev–Trinajstić information content (AvgIpc) is 2.78. The van der Waals surface area contributed by atoms with E-state index >= 15 is 0 Å². The molecule has 2 saturated heterocycles. The first-order chi connectivity index (χ1) is 15.8. The molecule has 2 aromatic rings. The second-order valence-electron chi connectivity index (χ2n) is 9.52. The summed E-state index contributed by atoms with van der Waals surface area (Å²) in [7, 11) is 0. The summed E-state index contributed by atoms with van der Waals surface area (Å²) >= 11 is 0. The zero-order valence-corrected chi connectivity index (χ0v) is 19.1. The number of piperidine rings is 1. The molecule has 0 bridgehead atoms. The van der Waals surface area contributed by atoms with Gasteiger partial charge in [0.2, 0.25) is 11.8 Å². The summed E-state index contributed by atoms with van der Waals surface area (Å²) < 4.78 is 0. The summed E-state index contributed by atoms with van der Waals surface area (Å²) in [6.45, 7) is 7.18. The lowest BCUT2D eigenvalue weighted by molar-refractivity contribution is -0.128. The van der Waals surface area contributed by atoms with E-state index in [9.17, 15) is 14.4 Å². The van der Waals surface area contributed by atoms with E-state index in [4.69, 9.17) is 0 Å². The van der Waals surface area contributed by atoms with Crippen molar-refractivity contribution in [1.29, 1.82) is 0 Å². The molecule has 0 aliphatic carbocycles. The van der Waals surface area contributed by atoms with Crippen molar-refractivity contribution >= 4 is 34.9 Å². The van der Waals surface area contributed by atoms with Gasteiger partial charge in [0.1, 0.15) is 6.04 Å². The minimum Gasteiger partial charge on any atom is -0.371 e. The van der Waals surface area contributed by atoms with E-state index in [-0.39, 0.29) is 12.3 Å². The number of rotatable bonds is 6. The number of hydrogen-bond donors (Lipinski definition) is 4. The van der Waals surface area contributed by atoms with Crippen molar-refractivity contribution in [3.05, 3.63) is 54.1 Å². The first kappa shape index (κ1) is 22.6. The molecule has 2 heterocycles. The Labute approximate surface area is 194 Å². The molecule has 1 atom stereocenters. The lowest BCUT2D eigenvalue weighted by atomic mass is 9.82. The first-order valence-electron chi connectivity index (χ1n) is 11.4. The van der Waals surface area contributed by atoms with Crippen LogP contribution in [0.4, 0.5) is 21.9 Å². The predicted molar refractivity (Wildman–Crippen MR) is 128 cm³/mol. The number of imide groups is 1. The standard InChI is InChI=1S/C25H31N5O3/c1-25(2)11-13-30(14-12-25)20-9-7-19(8-10-20)27-18-5-3-17(4-6-18)16-26-23(32)21-15-22(31)29-24(33)28-21/h3-10,21,27H,11-16H2,1-2H3,(H,26,32)(H2,28,29,31,33). The van der Waals surface area contributed by atoms with Crippen LogP contribution in [0.5, 0.6) is 0 Å². The van der Waals surface area contributed by atoms with Crippen LogP contribution in [0.2, 0.25) is 0 Å². The van der Waals surface area contributed by atoms with Crippen molar-refractivity contribution in [3.8, 4) is 0 Å². The van der Waals surface area contributed by atoms with Gasteiger partial charge < -0.3 is 20.9 Å². The van der Waals surface area contributed by atoms with E-state index in [0.717, 1.165) is 30.0 Å². The average molecular weight is 450 g/mol. The van der Waals surface area contributed by atoms with Gasteiger partial charge in [0.05, 0.1) is 6.42 Å². The number of hydrogen-bond acceptors (Lipinski definition) is 5.